The van der Waals surface area contributed by atoms with Crippen LogP contribution >= 0.6 is 0 Å². The number of carbonyl (C=O) groups is 1. The Morgan fingerprint density at radius 2 is 1.80 bits per heavy atom. The first-order valence-electron chi connectivity index (χ1n) is 10.5. The molecule has 1 fully saturated rings. The molecule has 1 aliphatic heterocycles. The molecule has 1 N–H and O–H groups in total. The number of nitrogens with one attached hydrogen (secondary N) is 1. The van der Waals surface area contributed by atoms with Gasteiger partial charge in [0.1, 0.15) is 0 Å². The molecule has 3 rings (SSSR count). The smallest absolute Gasteiger partial charge is 0.251 e. The van der Waals surface area contributed by atoms with Crippen molar-refractivity contribution in [3.63, 3.8) is 0 Å². The lowest BCUT2D eigenvalue weighted by Crippen LogP contribution is -2.38. The van der Waals surface area contributed by atoms with E-state index in [0.29, 0.717) is 31.1 Å². The summed E-state index contributed by atoms with van der Waals surface area (Å²) in [4.78, 5) is 12.4. The quantitative estimate of drug-likeness (QED) is 0.727. The lowest BCUT2D eigenvalue weighted by Gasteiger charge is -2.30. The van der Waals surface area contributed by atoms with Gasteiger partial charge in [0, 0.05) is 37.9 Å². The van der Waals surface area contributed by atoms with E-state index in [1.165, 1.54) is 17.4 Å². The number of carbonyl (C=O) groups excluding carboxylic acids is 1. The van der Waals surface area contributed by atoms with E-state index >= 15 is 0 Å². The van der Waals surface area contributed by atoms with Crippen LogP contribution in [0.2, 0.25) is 0 Å². The molecule has 30 heavy (non-hydrogen) atoms. The summed E-state index contributed by atoms with van der Waals surface area (Å²) < 4.78 is 26.7. The molecule has 8 heteroatoms. The Morgan fingerprint density at radius 3 is 2.33 bits per heavy atom. The molecule has 2 heterocycles. The van der Waals surface area contributed by atoms with Crippen LogP contribution in [-0.2, 0) is 29.9 Å². The van der Waals surface area contributed by atoms with Crippen molar-refractivity contribution in [1.29, 1.82) is 0 Å². The van der Waals surface area contributed by atoms with E-state index in [-0.39, 0.29) is 5.91 Å². The van der Waals surface area contributed by atoms with Crippen molar-refractivity contribution in [2.24, 2.45) is 13.0 Å². The fourth-order valence-electron chi connectivity index (χ4n) is 4.15. The van der Waals surface area contributed by atoms with Gasteiger partial charge in [-0.25, -0.2) is 12.7 Å². The number of benzene rings is 1. The lowest BCUT2D eigenvalue weighted by atomic mass is 9.91. The van der Waals surface area contributed by atoms with Crippen LogP contribution in [0.5, 0.6) is 0 Å². The second-order valence-electron chi connectivity index (χ2n) is 8.29. The van der Waals surface area contributed by atoms with Gasteiger partial charge in [-0.05, 0) is 68.7 Å². The predicted molar refractivity (Wildman–Crippen MR) is 118 cm³/mol. The first-order chi connectivity index (χ1) is 14.1. The number of hydrogen-bond acceptors (Lipinski definition) is 4. The van der Waals surface area contributed by atoms with Crippen molar-refractivity contribution < 1.29 is 13.2 Å². The molecule has 0 radical (unpaired) electrons. The van der Waals surface area contributed by atoms with Gasteiger partial charge in [-0.15, -0.1) is 0 Å². The third-order valence-corrected chi connectivity index (χ3v) is 7.41. The average molecular weight is 433 g/mol. The van der Waals surface area contributed by atoms with Gasteiger partial charge >= 0.3 is 0 Å². The lowest BCUT2D eigenvalue weighted by molar-refractivity contribution is 0.0954. The van der Waals surface area contributed by atoms with Crippen LogP contribution in [0.1, 0.15) is 45.7 Å². The Bertz CT molecular complexity index is 988. The molecule has 0 spiro atoms. The van der Waals surface area contributed by atoms with E-state index in [9.17, 15) is 13.2 Å². The fourth-order valence-corrected chi connectivity index (χ4v) is 5.03. The SMILES string of the molecule is Cc1nn(C)c(C)c1CCNC(=O)c1ccc(CC2CCN(S(C)(=O)=O)CC2)cc1. The predicted octanol–water partition coefficient (Wildman–Crippen LogP) is 2.22. The summed E-state index contributed by atoms with van der Waals surface area (Å²) in [7, 11) is -1.15. The fraction of sp³-hybridized carbons (Fsp3) is 0.545. The Hall–Kier alpha value is -2.19. The normalized spacial score (nSPS) is 16.0. The summed E-state index contributed by atoms with van der Waals surface area (Å²) in [6, 6.07) is 7.76. The van der Waals surface area contributed by atoms with E-state index < -0.39 is 10.0 Å². The molecule has 0 aliphatic carbocycles. The Labute approximate surface area is 179 Å². The molecule has 2 aromatic rings. The molecular formula is C22H32N4O3S. The van der Waals surface area contributed by atoms with Crippen LogP contribution in [-0.4, -0.2) is 54.3 Å². The summed E-state index contributed by atoms with van der Waals surface area (Å²) in [5, 5.41) is 7.40. The highest BCUT2D eigenvalue weighted by molar-refractivity contribution is 7.88. The molecule has 0 atom stereocenters. The number of nitrogens with zero attached hydrogens (tertiary/aromatic N) is 3. The molecule has 1 aromatic carbocycles. The summed E-state index contributed by atoms with van der Waals surface area (Å²) in [5.74, 6) is 0.413. The summed E-state index contributed by atoms with van der Waals surface area (Å²) in [6.45, 7) is 5.81. The highest BCUT2D eigenvalue weighted by atomic mass is 32.2. The van der Waals surface area contributed by atoms with Crippen molar-refractivity contribution >= 4 is 15.9 Å². The number of amides is 1. The maximum Gasteiger partial charge on any atom is 0.251 e. The van der Waals surface area contributed by atoms with Crippen LogP contribution in [0.15, 0.2) is 24.3 Å². The third kappa shape index (κ3) is 5.49. The maximum atomic E-state index is 12.4. The van der Waals surface area contributed by atoms with Gasteiger partial charge in [0.15, 0.2) is 0 Å². The highest BCUT2D eigenvalue weighted by Crippen LogP contribution is 2.23. The number of piperidine rings is 1. The largest absolute Gasteiger partial charge is 0.352 e. The van der Waals surface area contributed by atoms with Gasteiger partial charge in [-0.3, -0.25) is 9.48 Å². The summed E-state index contributed by atoms with van der Waals surface area (Å²) >= 11 is 0. The monoisotopic (exact) mass is 432 g/mol. The van der Waals surface area contributed by atoms with Crippen LogP contribution < -0.4 is 5.32 Å². The van der Waals surface area contributed by atoms with Crippen molar-refractivity contribution in [2.75, 3.05) is 25.9 Å². The van der Waals surface area contributed by atoms with Crippen molar-refractivity contribution in [2.45, 2.75) is 39.5 Å². The van der Waals surface area contributed by atoms with E-state index in [1.54, 1.807) is 4.31 Å². The van der Waals surface area contributed by atoms with Gasteiger partial charge in [0.25, 0.3) is 5.91 Å². The number of rotatable bonds is 7. The number of hydrogen-bond donors (Lipinski definition) is 1. The molecule has 164 valence electrons. The van der Waals surface area contributed by atoms with Crippen molar-refractivity contribution in [3.05, 3.63) is 52.3 Å². The first kappa shape index (κ1) is 22.5. The van der Waals surface area contributed by atoms with Crippen molar-refractivity contribution in [3.8, 4) is 0 Å². The van der Waals surface area contributed by atoms with Crippen LogP contribution in [0.4, 0.5) is 0 Å². The van der Waals surface area contributed by atoms with E-state index in [0.717, 1.165) is 37.1 Å². The van der Waals surface area contributed by atoms with Gasteiger partial charge in [0.2, 0.25) is 10.0 Å². The second kappa shape index (κ2) is 9.31. The minimum Gasteiger partial charge on any atom is -0.352 e. The summed E-state index contributed by atoms with van der Waals surface area (Å²) in [5.41, 5.74) is 5.18. The van der Waals surface area contributed by atoms with Crippen LogP contribution in [0.3, 0.4) is 0 Å². The van der Waals surface area contributed by atoms with Gasteiger partial charge in [-0.2, -0.15) is 5.10 Å². The molecule has 7 nitrogen and oxygen atoms in total. The Morgan fingerprint density at radius 1 is 1.17 bits per heavy atom. The highest BCUT2D eigenvalue weighted by Gasteiger charge is 2.24. The van der Waals surface area contributed by atoms with Crippen LogP contribution in [0.25, 0.3) is 0 Å². The molecule has 1 aliphatic rings. The van der Waals surface area contributed by atoms with Gasteiger partial charge < -0.3 is 5.32 Å². The maximum absolute atomic E-state index is 12.4. The Kier molecular flexibility index (Phi) is 6.98. The van der Waals surface area contributed by atoms with Crippen molar-refractivity contribution in [1.82, 2.24) is 19.4 Å². The third-order valence-electron chi connectivity index (χ3n) is 6.10. The zero-order chi connectivity index (χ0) is 21.9. The Balaban J connectivity index is 1.47. The van der Waals surface area contributed by atoms with E-state index in [2.05, 4.69) is 10.4 Å². The number of sulfonamides is 1. The molecule has 0 bridgehead atoms. The topological polar surface area (TPSA) is 84.3 Å². The zero-order valence-electron chi connectivity index (χ0n) is 18.3. The number of aromatic nitrogens is 2. The van der Waals surface area contributed by atoms with E-state index in [4.69, 9.17) is 0 Å². The molecule has 0 unspecified atom stereocenters. The minimum absolute atomic E-state index is 0.0674. The van der Waals surface area contributed by atoms with E-state index in [1.807, 2.05) is 49.8 Å². The summed E-state index contributed by atoms with van der Waals surface area (Å²) in [6.07, 6.45) is 4.71. The first-order valence-corrected chi connectivity index (χ1v) is 12.3. The minimum atomic E-state index is -3.08. The molecule has 1 aromatic heterocycles. The molecular weight excluding hydrogens is 400 g/mol. The zero-order valence-corrected chi connectivity index (χ0v) is 19.1. The molecule has 0 saturated carbocycles. The standard InChI is InChI=1S/C22H32N4O3S/c1-16-21(17(2)25(3)24-16)9-12-23-22(27)20-7-5-18(6-8-20)15-19-10-13-26(14-11-19)30(4,28)29/h5-8,19H,9-15H2,1-4H3,(H,23,27). The molecule has 1 saturated heterocycles. The number of aryl methyl sites for hydroxylation is 2. The van der Waals surface area contributed by atoms with Gasteiger partial charge in [-0.1, -0.05) is 12.1 Å². The van der Waals surface area contributed by atoms with Crippen LogP contribution in [0, 0.1) is 19.8 Å². The molecule has 1 amide bonds. The average Bonchev–Trinajstić information content (AvgIpc) is 2.94. The van der Waals surface area contributed by atoms with Gasteiger partial charge in [0.05, 0.1) is 11.9 Å². The second-order valence-corrected chi connectivity index (χ2v) is 10.3.